The molecule has 0 radical (unpaired) electrons. The van der Waals surface area contributed by atoms with Gasteiger partial charge in [0.15, 0.2) is 0 Å². The van der Waals surface area contributed by atoms with Crippen molar-refractivity contribution in [2.45, 2.75) is 25.6 Å². The van der Waals surface area contributed by atoms with Gasteiger partial charge in [-0.1, -0.05) is 44.2 Å². The number of fused-ring (bicyclic) bond motifs is 1. The van der Waals surface area contributed by atoms with Gasteiger partial charge in [-0.2, -0.15) is 0 Å². The number of carbonyl (C=O) groups excluding carboxylic acids is 1. The minimum absolute atomic E-state index is 0.134. The van der Waals surface area contributed by atoms with Crippen molar-refractivity contribution in [3.05, 3.63) is 42.5 Å². The van der Waals surface area contributed by atoms with Crippen LogP contribution in [-0.2, 0) is 4.79 Å². The molecule has 1 unspecified atom stereocenters. The maximum atomic E-state index is 11.9. The SMILES string of the molecule is CC(C)CC(Cl)C(=O)Nc1ccc2ccccc2c1. The lowest BCUT2D eigenvalue weighted by atomic mass is 10.1. The van der Waals surface area contributed by atoms with Gasteiger partial charge in [-0.15, -0.1) is 11.6 Å². The second kappa shape index (κ2) is 6.07. The molecule has 0 aliphatic heterocycles. The highest BCUT2D eigenvalue weighted by Gasteiger charge is 2.16. The van der Waals surface area contributed by atoms with Crippen LogP contribution >= 0.6 is 11.6 Å². The molecule has 2 aromatic rings. The van der Waals surface area contributed by atoms with Gasteiger partial charge < -0.3 is 5.32 Å². The quantitative estimate of drug-likeness (QED) is 0.822. The first-order valence-electron chi connectivity index (χ1n) is 6.50. The maximum absolute atomic E-state index is 11.9. The summed E-state index contributed by atoms with van der Waals surface area (Å²) < 4.78 is 0. The molecule has 1 N–H and O–H groups in total. The number of alkyl halides is 1. The Balaban J connectivity index is 2.10. The van der Waals surface area contributed by atoms with Gasteiger partial charge in [-0.05, 0) is 35.2 Å². The predicted octanol–water partition coefficient (Wildman–Crippen LogP) is 4.43. The van der Waals surface area contributed by atoms with E-state index in [1.165, 1.54) is 0 Å². The van der Waals surface area contributed by atoms with Crippen LogP contribution in [0.2, 0.25) is 0 Å². The summed E-state index contributed by atoms with van der Waals surface area (Å²) in [6, 6.07) is 13.9. The molecule has 0 aromatic heterocycles. The van der Waals surface area contributed by atoms with Crippen LogP contribution in [0.1, 0.15) is 20.3 Å². The average molecular weight is 276 g/mol. The number of hydrogen-bond donors (Lipinski definition) is 1. The maximum Gasteiger partial charge on any atom is 0.242 e. The number of anilines is 1. The highest BCUT2D eigenvalue weighted by molar-refractivity contribution is 6.32. The Morgan fingerprint density at radius 2 is 1.84 bits per heavy atom. The third kappa shape index (κ3) is 3.71. The topological polar surface area (TPSA) is 29.1 Å². The van der Waals surface area contributed by atoms with Crippen LogP contribution in [0.15, 0.2) is 42.5 Å². The fourth-order valence-corrected chi connectivity index (χ4v) is 2.42. The Morgan fingerprint density at radius 3 is 2.53 bits per heavy atom. The standard InChI is InChI=1S/C16H18ClNO/c1-11(2)9-15(17)16(19)18-14-8-7-12-5-3-4-6-13(12)10-14/h3-8,10-11,15H,9H2,1-2H3,(H,18,19). The molecular weight excluding hydrogens is 258 g/mol. The summed E-state index contributed by atoms with van der Waals surface area (Å²) in [7, 11) is 0. The van der Waals surface area contributed by atoms with Crippen LogP contribution < -0.4 is 5.32 Å². The second-order valence-electron chi connectivity index (χ2n) is 5.15. The molecule has 1 atom stereocenters. The molecule has 0 bridgehead atoms. The number of hydrogen-bond acceptors (Lipinski definition) is 1. The van der Waals surface area contributed by atoms with Gasteiger partial charge in [-0.3, -0.25) is 4.79 Å². The lowest BCUT2D eigenvalue weighted by Crippen LogP contribution is -2.24. The van der Waals surface area contributed by atoms with Crippen molar-refractivity contribution in [2.75, 3.05) is 5.32 Å². The minimum atomic E-state index is -0.480. The third-order valence-corrected chi connectivity index (χ3v) is 3.36. The van der Waals surface area contributed by atoms with Gasteiger partial charge >= 0.3 is 0 Å². The van der Waals surface area contributed by atoms with Crippen molar-refractivity contribution in [2.24, 2.45) is 5.92 Å². The monoisotopic (exact) mass is 275 g/mol. The van der Waals surface area contributed by atoms with Crippen molar-refractivity contribution in [1.82, 2.24) is 0 Å². The van der Waals surface area contributed by atoms with Crippen molar-refractivity contribution in [1.29, 1.82) is 0 Å². The smallest absolute Gasteiger partial charge is 0.242 e. The molecule has 0 heterocycles. The molecular formula is C16H18ClNO. The zero-order valence-electron chi connectivity index (χ0n) is 11.2. The van der Waals surface area contributed by atoms with Gasteiger partial charge in [-0.25, -0.2) is 0 Å². The van der Waals surface area contributed by atoms with Crippen LogP contribution in [0.5, 0.6) is 0 Å². The number of carbonyl (C=O) groups is 1. The molecule has 0 fully saturated rings. The number of nitrogens with one attached hydrogen (secondary N) is 1. The predicted molar refractivity (Wildman–Crippen MR) is 81.7 cm³/mol. The van der Waals surface area contributed by atoms with Crippen molar-refractivity contribution in [3.63, 3.8) is 0 Å². The van der Waals surface area contributed by atoms with E-state index in [-0.39, 0.29) is 5.91 Å². The highest BCUT2D eigenvalue weighted by Crippen LogP contribution is 2.20. The number of halogens is 1. The zero-order chi connectivity index (χ0) is 13.8. The summed E-state index contributed by atoms with van der Waals surface area (Å²) in [6.45, 7) is 4.11. The van der Waals surface area contributed by atoms with E-state index in [2.05, 4.69) is 19.2 Å². The van der Waals surface area contributed by atoms with Crippen LogP contribution in [-0.4, -0.2) is 11.3 Å². The van der Waals surface area contributed by atoms with E-state index in [0.29, 0.717) is 12.3 Å². The van der Waals surface area contributed by atoms with E-state index in [4.69, 9.17) is 11.6 Å². The molecule has 100 valence electrons. The Bertz CT molecular complexity index is 580. The first-order valence-corrected chi connectivity index (χ1v) is 6.93. The van der Waals surface area contributed by atoms with Gasteiger partial charge in [0, 0.05) is 5.69 Å². The summed E-state index contributed by atoms with van der Waals surface area (Å²) in [5, 5.41) is 4.65. The molecule has 2 nitrogen and oxygen atoms in total. The molecule has 0 saturated heterocycles. The largest absolute Gasteiger partial charge is 0.325 e. The Labute approximate surface area is 118 Å². The molecule has 0 spiro atoms. The Hall–Kier alpha value is -1.54. The van der Waals surface area contributed by atoms with E-state index in [1.54, 1.807) is 0 Å². The Morgan fingerprint density at radius 1 is 1.16 bits per heavy atom. The van der Waals surface area contributed by atoms with E-state index in [0.717, 1.165) is 16.5 Å². The summed E-state index contributed by atoms with van der Waals surface area (Å²) in [6.07, 6.45) is 0.682. The zero-order valence-corrected chi connectivity index (χ0v) is 11.9. The molecule has 0 aliphatic rings. The summed E-state index contributed by atoms with van der Waals surface area (Å²) in [5.41, 5.74) is 0.790. The van der Waals surface area contributed by atoms with Crippen LogP contribution in [0.3, 0.4) is 0 Å². The number of rotatable bonds is 4. The van der Waals surface area contributed by atoms with Crippen molar-refractivity contribution >= 4 is 34.0 Å². The fourth-order valence-electron chi connectivity index (χ4n) is 2.01. The van der Waals surface area contributed by atoms with E-state index in [9.17, 15) is 4.79 Å². The van der Waals surface area contributed by atoms with Gasteiger partial charge in [0.25, 0.3) is 0 Å². The molecule has 19 heavy (non-hydrogen) atoms. The molecule has 2 aromatic carbocycles. The van der Waals surface area contributed by atoms with E-state index >= 15 is 0 Å². The highest BCUT2D eigenvalue weighted by atomic mass is 35.5. The van der Waals surface area contributed by atoms with Crippen LogP contribution in [0, 0.1) is 5.92 Å². The normalized spacial score (nSPS) is 12.6. The van der Waals surface area contributed by atoms with Crippen molar-refractivity contribution < 1.29 is 4.79 Å². The summed E-state index contributed by atoms with van der Waals surface area (Å²) in [5.74, 6) is 0.274. The second-order valence-corrected chi connectivity index (χ2v) is 5.68. The number of amides is 1. The fraction of sp³-hybridized carbons (Fsp3) is 0.312. The number of benzene rings is 2. The van der Waals surface area contributed by atoms with E-state index in [1.807, 2.05) is 42.5 Å². The lowest BCUT2D eigenvalue weighted by molar-refractivity contribution is -0.116. The van der Waals surface area contributed by atoms with Crippen LogP contribution in [0.25, 0.3) is 10.8 Å². The van der Waals surface area contributed by atoms with Gasteiger partial charge in [0.1, 0.15) is 5.38 Å². The average Bonchev–Trinajstić information content (AvgIpc) is 2.37. The minimum Gasteiger partial charge on any atom is -0.325 e. The summed E-state index contributed by atoms with van der Waals surface area (Å²) >= 11 is 6.08. The molecule has 2 rings (SSSR count). The lowest BCUT2D eigenvalue weighted by Gasteiger charge is -2.12. The first-order chi connectivity index (χ1) is 9.06. The molecule has 3 heteroatoms. The van der Waals surface area contributed by atoms with Crippen LogP contribution in [0.4, 0.5) is 5.69 Å². The van der Waals surface area contributed by atoms with E-state index < -0.39 is 5.38 Å². The first kappa shape index (κ1) is 13.9. The summed E-state index contributed by atoms with van der Waals surface area (Å²) in [4.78, 5) is 11.9. The molecule has 1 amide bonds. The van der Waals surface area contributed by atoms with Crippen molar-refractivity contribution in [3.8, 4) is 0 Å². The Kier molecular flexibility index (Phi) is 4.43. The van der Waals surface area contributed by atoms with Gasteiger partial charge in [0.2, 0.25) is 5.91 Å². The molecule has 0 saturated carbocycles. The molecule has 0 aliphatic carbocycles. The van der Waals surface area contributed by atoms with Gasteiger partial charge in [0.05, 0.1) is 0 Å². The third-order valence-electron chi connectivity index (χ3n) is 2.98.